The molecular weight excluding hydrogens is 278 g/mol. The second-order valence-corrected chi connectivity index (χ2v) is 5.55. The van der Waals surface area contributed by atoms with Gasteiger partial charge >= 0.3 is 0 Å². The lowest BCUT2D eigenvalue weighted by Gasteiger charge is -2.30. The topological polar surface area (TPSA) is 68.5 Å². The van der Waals surface area contributed by atoms with Crippen LogP contribution in [0.1, 0.15) is 25.0 Å². The van der Waals surface area contributed by atoms with E-state index >= 15 is 0 Å². The van der Waals surface area contributed by atoms with Crippen LogP contribution < -0.4 is 10.6 Å². The van der Waals surface area contributed by atoms with Crippen LogP contribution in [0.2, 0.25) is 0 Å². The number of para-hydroxylation sites is 1. The van der Waals surface area contributed by atoms with Crippen molar-refractivity contribution in [2.45, 2.75) is 19.3 Å². The number of pyridine rings is 1. The molecule has 1 aliphatic heterocycles. The number of primary amides is 1. The maximum atomic E-state index is 11.7. The van der Waals surface area contributed by atoms with E-state index in [9.17, 15) is 4.79 Å². The highest BCUT2D eigenvalue weighted by molar-refractivity contribution is 5.93. The number of nitrogens with zero attached hydrogens (tertiary/aromatic N) is 2. The third-order valence-electron chi connectivity index (χ3n) is 4.17. The zero-order valence-electron chi connectivity index (χ0n) is 12.8. The van der Waals surface area contributed by atoms with E-state index in [2.05, 4.69) is 16.0 Å². The molecule has 22 heavy (non-hydrogen) atoms. The van der Waals surface area contributed by atoms with Gasteiger partial charge in [-0.05, 0) is 18.6 Å². The highest BCUT2D eigenvalue weighted by atomic mass is 16.5. The quantitative estimate of drug-likeness (QED) is 0.938. The minimum Gasteiger partial charge on any atom is -0.378 e. The van der Waals surface area contributed by atoms with Crippen LogP contribution in [0.15, 0.2) is 30.3 Å². The van der Waals surface area contributed by atoms with Crippen molar-refractivity contribution in [2.24, 2.45) is 5.73 Å². The lowest BCUT2D eigenvalue weighted by molar-refractivity contribution is -0.119. The molecule has 0 aliphatic carbocycles. The molecule has 1 fully saturated rings. The fourth-order valence-corrected chi connectivity index (χ4v) is 2.98. The molecule has 0 radical (unpaired) electrons. The number of hydrogen-bond acceptors (Lipinski definition) is 4. The highest BCUT2D eigenvalue weighted by Crippen LogP contribution is 2.30. The number of benzene rings is 1. The largest absolute Gasteiger partial charge is 0.378 e. The van der Waals surface area contributed by atoms with E-state index in [1.54, 1.807) is 0 Å². The predicted octanol–water partition coefficient (Wildman–Crippen LogP) is 2.05. The van der Waals surface area contributed by atoms with Crippen LogP contribution in [-0.4, -0.2) is 37.2 Å². The molecular formula is C17H21N3O2. The van der Waals surface area contributed by atoms with Gasteiger partial charge in [0.25, 0.3) is 0 Å². The summed E-state index contributed by atoms with van der Waals surface area (Å²) in [5.41, 5.74) is 8.32. The molecule has 2 aromatic rings. The van der Waals surface area contributed by atoms with Crippen LogP contribution in [0.3, 0.4) is 0 Å². The fraction of sp³-hybridized carbons (Fsp3) is 0.412. The van der Waals surface area contributed by atoms with E-state index in [1.807, 2.05) is 31.2 Å². The summed E-state index contributed by atoms with van der Waals surface area (Å²) in [6.07, 6.45) is 0.656. The van der Waals surface area contributed by atoms with E-state index in [-0.39, 0.29) is 11.8 Å². The van der Waals surface area contributed by atoms with Gasteiger partial charge in [-0.15, -0.1) is 0 Å². The monoisotopic (exact) mass is 299 g/mol. The molecule has 0 bridgehead atoms. The van der Waals surface area contributed by atoms with Gasteiger partial charge in [-0.2, -0.15) is 0 Å². The number of hydrogen-bond donors (Lipinski definition) is 1. The van der Waals surface area contributed by atoms with Crippen LogP contribution in [0.25, 0.3) is 10.9 Å². The number of ether oxygens (including phenoxy) is 1. The first-order chi connectivity index (χ1) is 10.7. The molecule has 2 heterocycles. The van der Waals surface area contributed by atoms with Crippen molar-refractivity contribution in [1.82, 2.24) is 4.98 Å². The Hall–Kier alpha value is -2.14. The summed E-state index contributed by atoms with van der Waals surface area (Å²) in [6.45, 7) is 5.10. The lowest BCUT2D eigenvalue weighted by atomic mass is 9.99. The zero-order chi connectivity index (χ0) is 15.5. The molecule has 1 unspecified atom stereocenters. The Labute approximate surface area is 130 Å². The van der Waals surface area contributed by atoms with Crippen molar-refractivity contribution < 1.29 is 9.53 Å². The molecule has 0 saturated carbocycles. The van der Waals surface area contributed by atoms with Crippen LogP contribution in [-0.2, 0) is 9.53 Å². The number of nitrogens with two attached hydrogens (primary N) is 1. The second kappa shape index (κ2) is 6.32. The van der Waals surface area contributed by atoms with Gasteiger partial charge in [-0.25, -0.2) is 0 Å². The normalized spacial score (nSPS) is 16.7. The number of carbonyl (C=O) groups excluding carboxylic acids is 1. The lowest BCUT2D eigenvalue weighted by Crippen LogP contribution is -2.36. The Morgan fingerprint density at radius 3 is 2.77 bits per heavy atom. The van der Waals surface area contributed by atoms with Crippen molar-refractivity contribution in [3.05, 3.63) is 36.0 Å². The number of fused-ring (bicyclic) bond motifs is 1. The smallest absolute Gasteiger partial charge is 0.226 e. The number of rotatable bonds is 4. The van der Waals surface area contributed by atoms with Gasteiger partial charge in [0, 0.05) is 24.2 Å². The highest BCUT2D eigenvalue weighted by Gasteiger charge is 2.21. The fourth-order valence-electron chi connectivity index (χ4n) is 2.98. The summed E-state index contributed by atoms with van der Waals surface area (Å²) in [4.78, 5) is 18.7. The van der Waals surface area contributed by atoms with E-state index < -0.39 is 0 Å². The van der Waals surface area contributed by atoms with Crippen molar-refractivity contribution in [1.29, 1.82) is 0 Å². The van der Waals surface area contributed by atoms with Gasteiger partial charge in [-0.3, -0.25) is 9.78 Å². The second-order valence-electron chi connectivity index (χ2n) is 5.55. The Bertz CT molecular complexity index is 681. The first-order valence-electron chi connectivity index (χ1n) is 7.72. The summed E-state index contributed by atoms with van der Waals surface area (Å²) in [7, 11) is 0. The predicted molar refractivity (Wildman–Crippen MR) is 87.0 cm³/mol. The molecule has 2 N–H and O–H groups in total. The van der Waals surface area contributed by atoms with Gasteiger partial charge in [-0.1, -0.05) is 25.1 Å². The number of amides is 1. The van der Waals surface area contributed by atoms with Gasteiger partial charge < -0.3 is 15.4 Å². The third kappa shape index (κ3) is 2.76. The molecule has 0 spiro atoms. The summed E-state index contributed by atoms with van der Waals surface area (Å²) in [5.74, 6) is -0.664. The Morgan fingerprint density at radius 2 is 2.09 bits per heavy atom. The van der Waals surface area contributed by atoms with Crippen LogP contribution in [0.4, 0.5) is 5.69 Å². The standard InChI is InChI=1S/C17H21N3O2/c1-2-12(17(18)21)15-11-16(20-7-9-22-10-8-20)13-5-3-4-6-14(13)19-15/h3-6,11-12H,2,7-10H2,1H3,(H2,18,21). The third-order valence-corrected chi connectivity index (χ3v) is 4.17. The molecule has 1 atom stereocenters. The number of aromatic nitrogens is 1. The Morgan fingerprint density at radius 1 is 1.36 bits per heavy atom. The SMILES string of the molecule is CCC(C(N)=O)c1cc(N2CCOCC2)c2ccccc2n1. The minimum absolute atomic E-state index is 0.321. The number of anilines is 1. The summed E-state index contributed by atoms with van der Waals surface area (Å²) in [5, 5.41) is 1.10. The van der Waals surface area contributed by atoms with Crippen molar-refractivity contribution in [2.75, 3.05) is 31.2 Å². The first kappa shape index (κ1) is 14.8. The summed E-state index contributed by atoms with van der Waals surface area (Å²) in [6, 6.07) is 10.1. The Kier molecular flexibility index (Phi) is 4.24. The van der Waals surface area contributed by atoms with Gasteiger partial charge in [0.1, 0.15) is 0 Å². The van der Waals surface area contributed by atoms with E-state index in [4.69, 9.17) is 10.5 Å². The number of morpholine rings is 1. The molecule has 5 nitrogen and oxygen atoms in total. The van der Waals surface area contributed by atoms with Gasteiger partial charge in [0.15, 0.2) is 0 Å². The van der Waals surface area contributed by atoms with Crippen molar-refractivity contribution in [3.63, 3.8) is 0 Å². The maximum Gasteiger partial charge on any atom is 0.226 e. The van der Waals surface area contributed by atoms with Gasteiger partial charge in [0.05, 0.1) is 30.3 Å². The molecule has 5 heteroatoms. The van der Waals surface area contributed by atoms with Crippen molar-refractivity contribution in [3.8, 4) is 0 Å². The molecule has 1 amide bonds. The number of carbonyl (C=O) groups is 1. The van der Waals surface area contributed by atoms with E-state index in [0.717, 1.165) is 48.6 Å². The molecule has 116 valence electrons. The van der Waals surface area contributed by atoms with E-state index in [0.29, 0.717) is 6.42 Å². The molecule has 1 aromatic heterocycles. The molecule has 3 rings (SSSR count). The van der Waals surface area contributed by atoms with E-state index in [1.165, 1.54) is 0 Å². The van der Waals surface area contributed by atoms with Crippen LogP contribution in [0, 0.1) is 0 Å². The van der Waals surface area contributed by atoms with Gasteiger partial charge in [0.2, 0.25) is 5.91 Å². The summed E-state index contributed by atoms with van der Waals surface area (Å²) >= 11 is 0. The average Bonchev–Trinajstić information content (AvgIpc) is 2.55. The molecule has 1 aromatic carbocycles. The zero-order valence-corrected chi connectivity index (χ0v) is 12.8. The van der Waals surface area contributed by atoms with Crippen LogP contribution >= 0.6 is 0 Å². The van der Waals surface area contributed by atoms with Crippen LogP contribution in [0.5, 0.6) is 0 Å². The summed E-state index contributed by atoms with van der Waals surface area (Å²) < 4.78 is 5.44. The van der Waals surface area contributed by atoms with Crippen molar-refractivity contribution >= 4 is 22.5 Å². The first-order valence-corrected chi connectivity index (χ1v) is 7.72. The Balaban J connectivity index is 2.13. The maximum absolute atomic E-state index is 11.7. The molecule has 1 saturated heterocycles. The average molecular weight is 299 g/mol. The minimum atomic E-state index is -0.343. The molecule has 1 aliphatic rings.